The van der Waals surface area contributed by atoms with Gasteiger partial charge in [-0.1, -0.05) is 17.7 Å². The van der Waals surface area contributed by atoms with E-state index in [1.165, 1.54) is 0 Å². The van der Waals surface area contributed by atoms with E-state index >= 15 is 0 Å². The minimum Gasteiger partial charge on any atom is -0.496 e. The Kier molecular flexibility index (Phi) is 4.35. The van der Waals surface area contributed by atoms with Gasteiger partial charge < -0.3 is 10.1 Å². The number of pyridine rings is 1. The molecule has 0 spiro atoms. The number of methoxy groups -OCH3 is 1. The highest BCUT2D eigenvalue weighted by molar-refractivity contribution is 5.94. The van der Waals surface area contributed by atoms with Gasteiger partial charge in [-0.25, -0.2) is 0 Å². The topological polar surface area (TPSA) is 51.2 Å². The van der Waals surface area contributed by atoms with Crippen LogP contribution in [0.1, 0.15) is 34.5 Å². The molecule has 0 bridgehead atoms. The Morgan fingerprint density at radius 3 is 2.80 bits per heavy atom. The SMILES string of the molecule is COc1ccc(C)cc1[C@H](C)NC(=O)c1cccnc1. The van der Waals surface area contributed by atoms with Gasteiger partial charge >= 0.3 is 0 Å². The number of carbonyl (C=O) groups excluding carboxylic acids is 1. The lowest BCUT2D eigenvalue weighted by Crippen LogP contribution is -2.27. The number of aromatic nitrogens is 1. The number of benzene rings is 1. The van der Waals surface area contributed by atoms with Gasteiger partial charge in [-0.15, -0.1) is 0 Å². The predicted molar refractivity (Wildman–Crippen MR) is 77.8 cm³/mol. The smallest absolute Gasteiger partial charge is 0.253 e. The van der Waals surface area contributed by atoms with E-state index in [1.54, 1.807) is 31.6 Å². The van der Waals surface area contributed by atoms with Crippen molar-refractivity contribution < 1.29 is 9.53 Å². The van der Waals surface area contributed by atoms with Gasteiger partial charge in [0, 0.05) is 18.0 Å². The summed E-state index contributed by atoms with van der Waals surface area (Å²) >= 11 is 0. The van der Waals surface area contributed by atoms with Gasteiger partial charge in [0.15, 0.2) is 0 Å². The molecule has 20 heavy (non-hydrogen) atoms. The van der Waals surface area contributed by atoms with E-state index in [9.17, 15) is 4.79 Å². The zero-order chi connectivity index (χ0) is 14.5. The van der Waals surface area contributed by atoms with Crippen molar-refractivity contribution in [1.29, 1.82) is 0 Å². The molecular weight excluding hydrogens is 252 g/mol. The molecule has 1 amide bonds. The molecule has 1 atom stereocenters. The summed E-state index contributed by atoms with van der Waals surface area (Å²) in [5.41, 5.74) is 2.64. The highest BCUT2D eigenvalue weighted by atomic mass is 16.5. The molecule has 0 saturated carbocycles. The number of hydrogen-bond donors (Lipinski definition) is 1. The second-order valence-corrected chi connectivity index (χ2v) is 4.68. The number of ether oxygens (including phenoxy) is 1. The molecule has 0 unspecified atom stereocenters. The Balaban J connectivity index is 2.18. The Hall–Kier alpha value is -2.36. The van der Waals surface area contributed by atoms with Crippen LogP contribution in [0.5, 0.6) is 5.75 Å². The maximum atomic E-state index is 12.1. The van der Waals surface area contributed by atoms with Crippen molar-refractivity contribution in [3.63, 3.8) is 0 Å². The first kappa shape index (κ1) is 14.1. The molecule has 0 fully saturated rings. The number of rotatable bonds is 4. The van der Waals surface area contributed by atoms with Crippen LogP contribution in [0.4, 0.5) is 0 Å². The number of aryl methyl sites for hydroxylation is 1. The van der Waals surface area contributed by atoms with Crippen LogP contribution >= 0.6 is 0 Å². The third-order valence-corrected chi connectivity index (χ3v) is 3.12. The lowest BCUT2D eigenvalue weighted by atomic mass is 10.0. The Morgan fingerprint density at radius 2 is 2.15 bits per heavy atom. The zero-order valence-corrected chi connectivity index (χ0v) is 11.9. The van der Waals surface area contributed by atoms with Crippen LogP contribution in [0.2, 0.25) is 0 Å². The minimum atomic E-state index is -0.144. The Bertz CT molecular complexity index is 597. The van der Waals surface area contributed by atoms with Crippen LogP contribution in [0.3, 0.4) is 0 Å². The van der Waals surface area contributed by atoms with E-state index in [0.29, 0.717) is 5.56 Å². The molecular formula is C16H18N2O2. The van der Waals surface area contributed by atoms with Crippen molar-refractivity contribution in [2.75, 3.05) is 7.11 Å². The number of nitrogens with one attached hydrogen (secondary N) is 1. The lowest BCUT2D eigenvalue weighted by molar-refractivity contribution is 0.0939. The number of nitrogens with zero attached hydrogens (tertiary/aromatic N) is 1. The van der Waals surface area contributed by atoms with E-state index in [2.05, 4.69) is 10.3 Å². The quantitative estimate of drug-likeness (QED) is 0.929. The summed E-state index contributed by atoms with van der Waals surface area (Å²) in [4.78, 5) is 16.1. The molecule has 4 nitrogen and oxygen atoms in total. The summed E-state index contributed by atoms with van der Waals surface area (Å²) in [7, 11) is 1.63. The first-order chi connectivity index (χ1) is 9.61. The molecule has 104 valence electrons. The average Bonchev–Trinajstić information content (AvgIpc) is 2.48. The van der Waals surface area contributed by atoms with Crippen molar-refractivity contribution in [2.45, 2.75) is 19.9 Å². The van der Waals surface area contributed by atoms with E-state index in [-0.39, 0.29) is 11.9 Å². The van der Waals surface area contributed by atoms with Gasteiger partial charge in [0.1, 0.15) is 5.75 Å². The average molecular weight is 270 g/mol. The summed E-state index contributed by atoms with van der Waals surface area (Å²) in [5.74, 6) is 0.628. The first-order valence-corrected chi connectivity index (χ1v) is 6.47. The molecule has 0 aliphatic rings. The van der Waals surface area contributed by atoms with Gasteiger partial charge in [-0.05, 0) is 32.0 Å². The monoisotopic (exact) mass is 270 g/mol. The molecule has 1 N–H and O–H groups in total. The molecule has 4 heteroatoms. The lowest BCUT2D eigenvalue weighted by Gasteiger charge is -2.18. The third kappa shape index (κ3) is 3.15. The molecule has 0 aliphatic heterocycles. The van der Waals surface area contributed by atoms with Crippen molar-refractivity contribution in [1.82, 2.24) is 10.3 Å². The molecule has 2 aromatic rings. The van der Waals surface area contributed by atoms with E-state index in [0.717, 1.165) is 16.9 Å². The second kappa shape index (κ2) is 6.19. The fraction of sp³-hybridized carbons (Fsp3) is 0.250. The largest absolute Gasteiger partial charge is 0.496 e. The number of carbonyl (C=O) groups is 1. The molecule has 0 aliphatic carbocycles. The van der Waals surface area contributed by atoms with Crippen LogP contribution < -0.4 is 10.1 Å². The van der Waals surface area contributed by atoms with Crippen LogP contribution in [0, 0.1) is 6.92 Å². The van der Waals surface area contributed by atoms with Crippen molar-refractivity contribution >= 4 is 5.91 Å². The summed E-state index contributed by atoms with van der Waals surface area (Å²) in [6.45, 7) is 3.95. The number of amides is 1. The molecule has 0 radical (unpaired) electrons. The molecule has 1 aromatic carbocycles. The van der Waals surface area contributed by atoms with E-state index in [4.69, 9.17) is 4.74 Å². The minimum absolute atomic E-state index is 0.141. The maximum absolute atomic E-state index is 12.1. The van der Waals surface area contributed by atoms with Crippen LogP contribution in [-0.2, 0) is 0 Å². The summed E-state index contributed by atoms with van der Waals surface area (Å²) < 4.78 is 5.35. The molecule has 1 aromatic heterocycles. The van der Waals surface area contributed by atoms with Crippen LogP contribution in [0.25, 0.3) is 0 Å². The summed E-state index contributed by atoms with van der Waals surface area (Å²) in [5, 5.41) is 2.96. The second-order valence-electron chi connectivity index (χ2n) is 4.68. The highest BCUT2D eigenvalue weighted by Crippen LogP contribution is 2.26. The normalized spacial score (nSPS) is 11.8. The Labute approximate surface area is 118 Å². The van der Waals surface area contributed by atoms with Crippen molar-refractivity contribution in [3.05, 3.63) is 59.4 Å². The van der Waals surface area contributed by atoms with Crippen molar-refractivity contribution in [2.24, 2.45) is 0 Å². The van der Waals surface area contributed by atoms with Crippen LogP contribution in [0.15, 0.2) is 42.7 Å². The van der Waals surface area contributed by atoms with Gasteiger partial charge in [-0.2, -0.15) is 0 Å². The molecule has 0 saturated heterocycles. The fourth-order valence-corrected chi connectivity index (χ4v) is 2.05. The van der Waals surface area contributed by atoms with E-state index in [1.807, 2.05) is 32.0 Å². The standard InChI is InChI=1S/C16H18N2O2/c1-11-6-7-15(20-3)14(9-11)12(2)18-16(19)13-5-4-8-17-10-13/h4-10,12H,1-3H3,(H,18,19)/t12-/m0/s1. The number of hydrogen-bond acceptors (Lipinski definition) is 3. The maximum Gasteiger partial charge on any atom is 0.253 e. The first-order valence-electron chi connectivity index (χ1n) is 6.47. The van der Waals surface area contributed by atoms with Gasteiger partial charge in [0.05, 0.1) is 18.7 Å². The highest BCUT2D eigenvalue weighted by Gasteiger charge is 2.15. The molecule has 1 heterocycles. The van der Waals surface area contributed by atoms with Crippen molar-refractivity contribution in [3.8, 4) is 5.75 Å². The van der Waals surface area contributed by atoms with E-state index < -0.39 is 0 Å². The third-order valence-electron chi connectivity index (χ3n) is 3.12. The van der Waals surface area contributed by atoms with Crippen LogP contribution in [-0.4, -0.2) is 18.0 Å². The zero-order valence-electron chi connectivity index (χ0n) is 11.9. The fourth-order valence-electron chi connectivity index (χ4n) is 2.05. The van der Waals surface area contributed by atoms with Gasteiger partial charge in [0.2, 0.25) is 0 Å². The predicted octanol–water partition coefficient (Wildman–Crippen LogP) is 2.89. The summed E-state index contributed by atoms with van der Waals surface area (Å²) in [6.07, 6.45) is 3.19. The molecule has 2 rings (SSSR count). The van der Waals surface area contributed by atoms with Gasteiger partial charge in [0.25, 0.3) is 5.91 Å². The van der Waals surface area contributed by atoms with Gasteiger partial charge in [-0.3, -0.25) is 9.78 Å². The Morgan fingerprint density at radius 1 is 1.35 bits per heavy atom. The summed E-state index contributed by atoms with van der Waals surface area (Å²) in [6, 6.07) is 9.26.